The lowest BCUT2D eigenvalue weighted by molar-refractivity contribution is -0.134. The van der Waals surface area contributed by atoms with Crippen LogP contribution < -0.4 is 5.73 Å². The van der Waals surface area contributed by atoms with E-state index in [4.69, 9.17) is 17.3 Å². The highest BCUT2D eigenvalue weighted by Crippen LogP contribution is 2.21. The van der Waals surface area contributed by atoms with E-state index >= 15 is 0 Å². The fraction of sp³-hybridized carbons (Fsp3) is 0.429. The van der Waals surface area contributed by atoms with Crippen molar-refractivity contribution in [3.05, 3.63) is 34.6 Å². The van der Waals surface area contributed by atoms with Crippen LogP contribution in [0.1, 0.15) is 18.4 Å². The van der Waals surface area contributed by atoms with Gasteiger partial charge in [0, 0.05) is 18.1 Å². The third-order valence-corrected chi connectivity index (χ3v) is 3.89. The number of rotatable bonds is 3. The molecular weight excluding hydrogens is 283 g/mol. The van der Waals surface area contributed by atoms with E-state index in [-0.39, 0.29) is 24.2 Å². The molecule has 108 valence electrons. The van der Waals surface area contributed by atoms with Crippen molar-refractivity contribution < 1.29 is 14.0 Å². The quantitative estimate of drug-likeness (QED) is 0.924. The van der Waals surface area contributed by atoms with E-state index in [1.165, 1.54) is 18.2 Å². The van der Waals surface area contributed by atoms with E-state index in [1.54, 1.807) is 4.90 Å². The standard InChI is InChI=1S/C14H16ClFN2O2/c15-12-4-3-11(16)6-10(12)7-13(19)18-5-1-2-9(8-18)14(17)20/h3-4,6,9H,1-2,5,7-8H2,(H2,17,20)/t9-/m0/s1. The first kappa shape index (κ1) is 14.8. The topological polar surface area (TPSA) is 63.4 Å². The molecule has 0 spiro atoms. The van der Waals surface area contributed by atoms with Crippen LogP contribution in [0.3, 0.4) is 0 Å². The van der Waals surface area contributed by atoms with Crippen molar-refractivity contribution in [2.75, 3.05) is 13.1 Å². The molecule has 1 atom stereocenters. The fourth-order valence-corrected chi connectivity index (χ4v) is 2.57. The number of primary amides is 1. The lowest BCUT2D eigenvalue weighted by atomic mass is 9.97. The van der Waals surface area contributed by atoms with Gasteiger partial charge >= 0.3 is 0 Å². The number of amides is 2. The summed E-state index contributed by atoms with van der Waals surface area (Å²) in [6, 6.07) is 3.94. The Morgan fingerprint density at radius 2 is 2.20 bits per heavy atom. The number of benzene rings is 1. The zero-order valence-electron chi connectivity index (χ0n) is 10.9. The molecule has 1 aromatic carbocycles. The Bertz CT molecular complexity index is 536. The van der Waals surface area contributed by atoms with Crippen LogP contribution >= 0.6 is 11.6 Å². The first-order valence-electron chi connectivity index (χ1n) is 6.48. The lowest BCUT2D eigenvalue weighted by Crippen LogP contribution is -2.44. The molecule has 20 heavy (non-hydrogen) atoms. The first-order valence-corrected chi connectivity index (χ1v) is 6.86. The number of hydrogen-bond acceptors (Lipinski definition) is 2. The molecule has 1 aromatic rings. The number of carbonyl (C=O) groups is 2. The van der Waals surface area contributed by atoms with Gasteiger partial charge in [0.15, 0.2) is 0 Å². The molecule has 0 saturated carbocycles. The summed E-state index contributed by atoms with van der Waals surface area (Å²) in [4.78, 5) is 25.0. The average Bonchev–Trinajstić information content (AvgIpc) is 2.43. The maximum absolute atomic E-state index is 13.2. The van der Waals surface area contributed by atoms with Crippen molar-refractivity contribution >= 4 is 23.4 Å². The first-order chi connectivity index (χ1) is 9.47. The van der Waals surface area contributed by atoms with Crippen molar-refractivity contribution in [1.82, 2.24) is 4.90 Å². The molecule has 6 heteroatoms. The SMILES string of the molecule is NC(=O)[C@H]1CCCN(C(=O)Cc2cc(F)ccc2Cl)C1. The molecule has 0 radical (unpaired) electrons. The van der Waals surface area contributed by atoms with E-state index in [0.717, 1.165) is 6.42 Å². The molecular formula is C14H16ClFN2O2. The zero-order valence-corrected chi connectivity index (χ0v) is 11.7. The second kappa shape index (κ2) is 6.22. The van der Waals surface area contributed by atoms with E-state index in [0.29, 0.717) is 30.1 Å². The van der Waals surface area contributed by atoms with E-state index in [1.807, 2.05) is 0 Å². The van der Waals surface area contributed by atoms with Crippen LogP contribution in [0.25, 0.3) is 0 Å². The third-order valence-electron chi connectivity index (χ3n) is 3.53. The molecule has 2 rings (SSSR count). The van der Waals surface area contributed by atoms with Crippen molar-refractivity contribution in [2.24, 2.45) is 11.7 Å². The minimum atomic E-state index is -0.425. The number of likely N-dealkylation sites (tertiary alicyclic amines) is 1. The Morgan fingerprint density at radius 3 is 2.90 bits per heavy atom. The van der Waals surface area contributed by atoms with Gasteiger partial charge in [-0.05, 0) is 36.6 Å². The fourth-order valence-electron chi connectivity index (χ4n) is 2.39. The van der Waals surface area contributed by atoms with Crippen LogP contribution in [-0.2, 0) is 16.0 Å². The van der Waals surface area contributed by atoms with Crippen LogP contribution in [0, 0.1) is 11.7 Å². The minimum Gasteiger partial charge on any atom is -0.369 e. The Labute approximate surface area is 121 Å². The molecule has 0 aliphatic carbocycles. The van der Waals surface area contributed by atoms with Gasteiger partial charge in [-0.15, -0.1) is 0 Å². The maximum atomic E-state index is 13.2. The van der Waals surface area contributed by atoms with Crippen molar-refractivity contribution in [3.8, 4) is 0 Å². The van der Waals surface area contributed by atoms with Gasteiger partial charge in [-0.2, -0.15) is 0 Å². The Kier molecular flexibility index (Phi) is 4.60. The smallest absolute Gasteiger partial charge is 0.227 e. The van der Waals surface area contributed by atoms with Crippen molar-refractivity contribution in [1.29, 1.82) is 0 Å². The number of hydrogen-bond donors (Lipinski definition) is 1. The number of halogens is 2. The normalized spacial score (nSPS) is 18.9. The van der Waals surface area contributed by atoms with E-state index in [2.05, 4.69) is 0 Å². The molecule has 0 aromatic heterocycles. The highest BCUT2D eigenvalue weighted by Gasteiger charge is 2.27. The van der Waals surface area contributed by atoms with Gasteiger partial charge in [0.05, 0.1) is 12.3 Å². The molecule has 1 aliphatic heterocycles. The second-order valence-electron chi connectivity index (χ2n) is 4.99. The van der Waals surface area contributed by atoms with Crippen LogP contribution in [0.4, 0.5) is 4.39 Å². The molecule has 2 amide bonds. The van der Waals surface area contributed by atoms with Gasteiger partial charge in [-0.1, -0.05) is 11.6 Å². The molecule has 4 nitrogen and oxygen atoms in total. The van der Waals surface area contributed by atoms with Crippen LogP contribution in [0.2, 0.25) is 5.02 Å². The lowest BCUT2D eigenvalue weighted by Gasteiger charge is -2.31. The van der Waals surface area contributed by atoms with E-state index in [9.17, 15) is 14.0 Å². The highest BCUT2D eigenvalue weighted by molar-refractivity contribution is 6.31. The molecule has 2 N–H and O–H groups in total. The zero-order chi connectivity index (χ0) is 14.7. The molecule has 1 aliphatic rings. The second-order valence-corrected chi connectivity index (χ2v) is 5.40. The van der Waals surface area contributed by atoms with Gasteiger partial charge in [0.2, 0.25) is 11.8 Å². The Morgan fingerprint density at radius 1 is 1.45 bits per heavy atom. The molecule has 1 saturated heterocycles. The summed E-state index contributed by atoms with van der Waals surface area (Å²) in [5, 5.41) is 0.364. The van der Waals surface area contributed by atoms with Gasteiger partial charge in [0.25, 0.3) is 0 Å². The predicted molar refractivity (Wildman–Crippen MR) is 73.6 cm³/mol. The minimum absolute atomic E-state index is 0.0298. The number of piperidine rings is 1. The van der Waals surface area contributed by atoms with Crippen LogP contribution in [0.15, 0.2) is 18.2 Å². The summed E-state index contributed by atoms with van der Waals surface area (Å²) in [7, 11) is 0. The number of nitrogens with two attached hydrogens (primary N) is 1. The summed E-state index contributed by atoms with van der Waals surface area (Å²) < 4.78 is 13.2. The summed E-state index contributed by atoms with van der Waals surface area (Å²) >= 11 is 5.95. The average molecular weight is 299 g/mol. The molecule has 1 heterocycles. The third kappa shape index (κ3) is 3.48. The largest absolute Gasteiger partial charge is 0.369 e. The predicted octanol–water partition coefficient (Wildman–Crippen LogP) is 1.75. The molecule has 0 unspecified atom stereocenters. The summed E-state index contributed by atoms with van der Waals surface area (Å²) in [5.74, 6) is -1.27. The molecule has 1 fully saturated rings. The monoisotopic (exact) mass is 298 g/mol. The summed E-state index contributed by atoms with van der Waals surface area (Å²) in [6.45, 7) is 0.927. The van der Waals surface area contributed by atoms with Crippen LogP contribution in [0.5, 0.6) is 0 Å². The molecule has 0 bridgehead atoms. The van der Waals surface area contributed by atoms with Gasteiger partial charge in [0.1, 0.15) is 5.82 Å². The van der Waals surface area contributed by atoms with Crippen molar-refractivity contribution in [2.45, 2.75) is 19.3 Å². The highest BCUT2D eigenvalue weighted by atomic mass is 35.5. The van der Waals surface area contributed by atoms with Gasteiger partial charge in [-0.3, -0.25) is 9.59 Å². The van der Waals surface area contributed by atoms with E-state index < -0.39 is 5.82 Å². The van der Waals surface area contributed by atoms with Crippen LogP contribution in [-0.4, -0.2) is 29.8 Å². The Balaban J connectivity index is 2.04. The van der Waals surface area contributed by atoms with Crippen molar-refractivity contribution in [3.63, 3.8) is 0 Å². The Hall–Kier alpha value is -1.62. The van der Waals surface area contributed by atoms with Gasteiger partial charge < -0.3 is 10.6 Å². The number of nitrogens with zero attached hydrogens (tertiary/aromatic N) is 1. The summed E-state index contributed by atoms with van der Waals surface area (Å²) in [6.07, 6.45) is 1.48. The summed E-state index contributed by atoms with van der Waals surface area (Å²) in [5.41, 5.74) is 5.73. The number of carbonyl (C=O) groups excluding carboxylic acids is 2. The van der Waals surface area contributed by atoms with Gasteiger partial charge in [-0.25, -0.2) is 4.39 Å². The maximum Gasteiger partial charge on any atom is 0.227 e.